The fraction of sp³-hybridized carbons (Fsp3) is 0.321. The maximum absolute atomic E-state index is 17.6. The number of rotatable bonds is 31. The lowest BCUT2D eigenvalue weighted by Crippen LogP contribution is -2.57. The molecule has 6 aliphatic heterocycles. The van der Waals surface area contributed by atoms with E-state index in [2.05, 4.69) is 0 Å². The smallest absolute Gasteiger partial charge is 0.262 e. The first kappa shape index (κ1) is 83.7. The third kappa shape index (κ3) is 16.7. The van der Waals surface area contributed by atoms with Gasteiger partial charge < -0.3 is 56.8 Å². The Morgan fingerprint density at radius 1 is 0.323 bits per heavy atom. The van der Waals surface area contributed by atoms with Crippen LogP contribution in [-0.2, 0) is 28.5 Å². The van der Waals surface area contributed by atoms with Gasteiger partial charge in [0.15, 0.2) is 5.78 Å². The summed E-state index contributed by atoms with van der Waals surface area (Å²) in [6.07, 6.45) is 6.43. The van der Waals surface area contributed by atoms with Crippen LogP contribution in [0.4, 0.5) is 11.4 Å². The van der Waals surface area contributed by atoms with Gasteiger partial charge in [-0.15, -0.1) is 0 Å². The molecule has 0 N–H and O–H groups in total. The van der Waals surface area contributed by atoms with Crippen LogP contribution >= 0.6 is 0 Å². The molecule has 130 heavy (non-hydrogen) atoms. The number of carbonyl (C=O) groups is 6. The Hall–Kier alpha value is -13.2. The van der Waals surface area contributed by atoms with Gasteiger partial charge in [-0.2, -0.15) is 0 Å². The van der Waals surface area contributed by atoms with E-state index < -0.39 is 59.4 Å². The lowest BCUT2D eigenvalue weighted by atomic mass is 9.74. The first-order valence-corrected chi connectivity index (χ1v) is 45.5. The maximum Gasteiger partial charge on any atom is 0.262 e. The number of aryl methyl sites for hydroxylation is 8. The number of Topliss-reactive ketones (excluding diaryl/α,β-unsaturated/α-hetero) is 1. The molecule has 8 aliphatic rings. The highest BCUT2D eigenvalue weighted by molar-refractivity contribution is 6.45. The van der Waals surface area contributed by atoms with Gasteiger partial charge in [0.25, 0.3) is 29.5 Å². The van der Waals surface area contributed by atoms with Crippen LogP contribution in [0.25, 0.3) is 43.1 Å². The Bertz CT molecular complexity index is 5930. The van der Waals surface area contributed by atoms with E-state index >= 15 is 28.8 Å². The molecule has 6 unspecified atom stereocenters. The Kier molecular flexibility index (Phi) is 22.1. The molecular formula is C109H101N3O18. The predicted octanol–water partition coefficient (Wildman–Crippen LogP) is 22.3. The van der Waals surface area contributed by atoms with E-state index in [4.69, 9.17) is 56.8 Å². The number of amides is 5. The van der Waals surface area contributed by atoms with Crippen LogP contribution in [-0.4, -0.2) is 134 Å². The largest absolute Gasteiger partial charge is 0.491 e. The molecule has 13 aromatic carbocycles. The molecule has 2 saturated carbocycles. The normalized spacial score (nSPS) is 18.9. The molecule has 6 fully saturated rings. The van der Waals surface area contributed by atoms with Crippen LogP contribution in [0.2, 0.25) is 0 Å². The van der Waals surface area contributed by atoms with Gasteiger partial charge in [0.2, 0.25) is 0 Å². The number of fused-ring (bicyclic) bond motifs is 2. The van der Waals surface area contributed by atoms with Crippen molar-refractivity contribution in [2.24, 2.45) is 11.8 Å². The van der Waals surface area contributed by atoms with Crippen molar-refractivity contribution in [2.45, 2.75) is 162 Å². The fourth-order valence-corrected chi connectivity index (χ4v) is 20.5. The second-order valence-electron chi connectivity index (χ2n) is 36.8. The van der Waals surface area contributed by atoms with Gasteiger partial charge >= 0.3 is 0 Å². The van der Waals surface area contributed by atoms with Gasteiger partial charge in [-0.05, 0) is 270 Å². The van der Waals surface area contributed by atoms with E-state index in [0.717, 1.165) is 83.0 Å². The molecule has 0 spiro atoms. The third-order valence-electron chi connectivity index (χ3n) is 26.3. The minimum atomic E-state index is -1.45. The molecule has 0 bridgehead atoms. The second-order valence-corrected chi connectivity index (χ2v) is 36.8. The predicted molar refractivity (Wildman–Crippen MR) is 494 cm³/mol. The van der Waals surface area contributed by atoms with E-state index in [-0.39, 0.29) is 99.4 Å². The molecule has 6 atom stereocenters. The SMILES string of the molecule is Cc1cc(C)cc(Oc2cc3c4c(cc(Oc5cc(C)cc(C)c5)c5c6c(Oc7cc(C)cc(C)c7)cc7c8c(cc(Oc9cc(C)cc(C)c9)c(c2c45)c86)C(=O)N(C(C(=O)N(c2cccc(OCC4CO4)c2)c2cccc(OCC4CO4)c2)C2CCCCC2)C7=O)C(=O)N(C(C(=O)C(c2cccc(OCC4CO4)c2)c2cccc(OCC4CO4)c2)C2CCCCC2)C3=O)c1. The number of hydrogen-bond donors (Lipinski definition) is 0. The van der Waals surface area contributed by atoms with Gasteiger partial charge in [0.05, 0.1) is 66.0 Å². The summed E-state index contributed by atoms with van der Waals surface area (Å²) in [5.41, 5.74) is 9.07. The number of anilines is 2. The molecule has 21 nitrogen and oxygen atoms in total. The zero-order chi connectivity index (χ0) is 89.0. The second kappa shape index (κ2) is 34.4. The highest BCUT2D eigenvalue weighted by Crippen LogP contribution is 2.60. The number of carbonyl (C=O) groups excluding carboxylic acids is 6. The number of imide groups is 2. The Morgan fingerprint density at radius 2 is 0.600 bits per heavy atom. The molecule has 4 saturated heterocycles. The lowest BCUT2D eigenvalue weighted by molar-refractivity contribution is -0.125. The van der Waals surface area contributed by atoms with E-state index in [1.165, 1.54) is 9.80 Å². The standard InChI is InChI=1S/C109H101N3O18/c1-59-31-60(2)36-77(35-59)127-89-47-85-94-86(106(115)111(105(85)114)102(67-19-11-9-12-20-67)104(113)93(69-23-15-27-73(43-69)119-51-81-55-123-81)70-24-16-28-74(44-70)120-52-82-56-124-82)48-90(128-78-37-61(3)32-62(4)38-78)97-99-92(130-80-41-65(7)34-66(8)42-80)50-88-95-87(49-91(98(101(95)99)96(89)100(94)97)129-79-39-63(5)33-64(6)40-79)107(116)112(108(88)117)103(68-21-13-10-14-22-68)109(118)110(71-25-17-29-75(45-71)121-53-83-57-125-83)72-26-18-30-76(46-72)122-54-84-58-126-84/h15-18,23-50,67-68,81-84,93,102-103H,9-14,19-22,51-58H2,1-8H3. The van der Waals surface area contributed by atoms with E-state index in [1.807, 2.05) is 213 Å². The van der Waals surface area contributed by atoms with Gasteiger partial charge in [-0.3, -0.25) is 43.5 Å². The van der Waals surface area contributed by atoms with Crippen molar-refractivity contribution in [3.05, 3.63) is 272 Å². The van der Waals surface area contributed by atoms with Crippen molar-refractivity contribution in [3.63, 3.8) is 0 Å². The number of epoxide rings is 4. The number of ketones is 1. The summed E-state index contributed by atoms with van der Waals surface area (Å²) in [6, 6.07) is 56.7. The summed E-state index contributed by atoms with van der Waals surface area (Å²) < 4.78 is 78.3. The van der Waals surface area contributed by atoms with Crippen LogP contribution in [0.5, 0.6) is 69.0 Å². The fourth-order valence-electron chi connectivity index (χ4n) is 20.5. The molecule has 0 aromatic heterocycles. The minimum absolute atomic E-state index is 0.0296. The summed E-state index contributed by atoms with van der Waals surface area (Å²) in [6.45, 7) is 19.2. The highest BCUT2D eigenvalue weighted by Gasteiger charge is 2.52. The Labute approximate surface area is 753 Å². The molecular weight excluding hydrogens is 1640 g/mol. The topological polar surface area (TPSA) is 236 Å². The molecule has 5 amide bonds. The van der Waals surface area contributed by atoms with Crippen molar-refractivity contribution in [2.75, 3.05) is 57.8 Å². The van der Waals surface area contributed by atoms with E-state index in [9.17, 15) is 0 Å². The molecule has 13 aromatic rings. The molecule has 6 heterocycles. The number of benzene rings is 13. The summed E-state index contributed by atoms with van der Waals surface area (Å²) in [5, 5.41) is 2.28. The summed E-state index contributed by atoms with van der Waals surface area (Å²) in [5.74, 6) is -2.12. The van der Waals surface area contributed by atoms with Gasteiger partial charge in [0, 0.05) is 55.2 Å². The van der Waals surface area contributed by atoms with Gasteiger partial charge in [-0.1, -0.05) is 99.2 Å². The molecule has 660 valence electrons. The highest BCUT2D eigenvalue weighted by atomic mass is 16.6. The first-order chi connectivity index (χ1) is 63.1. The van der Waals surface area contributed by atoms with Gasteiger partial charge in [-0.25, -0.2) is 0 Å². The quantitative estimate of drug-likeness (QED) is 0.0170. The Balaban J connectivity index is 0.839. The van der Waals surface area contributed by atoms with Crippen LogP contribution in [0.15, 0.2) is 194 Å². The van der Waals surface area contributed by atoms with E-state index in [1.54, 1.807) is 41.3 Å². The van der Waals surface area contributed by atoms with Crippen LogP contribution in [0.1, 0.15) is 167 Å². The number of ether oxygens (including phenoxy) is 12. The third-order valence-corrected chi connectivity index (χ3v) is 26.3. The zero-order valence-corrected chi connectivity index (χ0v) is 74.1. The number of hydrogen-bond acceptors (Lipinski definition) is 18. The average Bonchev–Trinajstić information content (AvgIpc) is 1.27. The van der Waals surface area contributed by atoms with Crippen molar-refractivity contribution >= 4 is 89.8 Å². The average molecular weight is 1740 g/mol. The monoisotopic (exact) mass is 1740 g/mol. The number of nitrogens with zero attached hydrogens (tertiary/aromatic N) is 3. The zero-order valence-electron chi connectivity index (χ0n) is 74.1. The first-order valence-electron chi connectivity index (χ1n) is 45.5. The molecule has 0 radical (unpaired) electrons. The molecule has 21 rings (SSSR count). The van der Waals surface area contributed by atoms with Crippen LogP contribution < -0.4 is 42.8 Å². The summed E-state index contributed by atoms with van der Waals surface area (Å²) >= 11 is 0. The maximum atomic E-state index is 17.6. The Morgan fingerprint density at radius 3 is 0.900 bits per heavy atom. The van der Waals surface area contributed by atoms with Crippen LogP contribution in [0, 0.1) is 67.2 Å². The minimum Gasteiger partial charge on any atom is -0.491 e. The summed E-state index contributed by atoms with van der Waals surface area (Å²) in [7, 11) is 0. The molecule has 2 aliphatic carbocycles. The summed E-state index contributed by atoms with van der Waals surface area (Å²) in [4.78, 5) is 109. The van der Waals surface area contributed by atoms with Crippen molar-refractivity contribution in [1.82, 2.24) is 9.80 Å². The van der Waals surface area contributed by atoms with Crippen LogP contribution in [0.3, 0.4) is 0 Å². The van der Waals surface area contributed by atoms with Gasteiger partial charge in [0.1, 0.15) is 132 Å². The van der Waals surface area contributed by atoms with E-state index in [0.29, 0.717) is 166 Å². The van der Waals surface area contributed by atoms with Crippen molar-refractivity contribution in [3.8, 4) is 69.0 Å². The van der Waals surface area contributed by atoms with Crippen molar-refractivity contribution < 1.29 is 85.6 Å². The molecule has 21 heteroatoms. The lowest BCUT2D eigenvalue weighted by Gasteiger charge is -2.41. The van der Waals surface area contributed by atoms with Crippen molar-refractivity contribution in [1.29, 1.82) is 0 Å².